The molecule has 0 aromatic rings. The molecule has 0 amide bonds. The Morgan fingerprint density at radius 1 is 1.44 bits per heavy atom. The molecule has 3 rings (SSSR count). The van der Waals surface area contributed by atoms with Crippen LogP contribution in [0, 0.1) is 23.7 Å². The number of hydrogen-bond acceptors (Lipinski definition) is 3. The lowest BCUT2D eigenvalue weighted by atomic mass is 9.76. The molecule has 0 aromatic heterocycles. The zero-order valence-corrected chi connectivity index (χ0v) is 9.65. The Morgan fingerprint density at radius 2 is 2.25 bits per heavy atom. The first kappa shape index (κ1) is 10.3. The van der Waals surface area contributed by atoms with Crippen LogP contribution < -0.4 is 0 Å². The standard InChI is InChI=1S/C13H18O3/c1-2-3-4-9(14)11-7-5-8-10(6-7)16-13(15)12(8)11/h7-8,10-12H,2-6H2,1H3. The van der Waals surface area contributed by atoms with Gasteiger partial charge in [0.25, 0.3) is 0 Å². The van der Waals surface area contributed by atoms with E-state index in [-0.39, 0.29) is 23.9 Å². The van der Waals surface area contributed by atoms with Crippen molar-refractivity contribution < 1.29 is 14.3 Å². The number of ketones is 1. The van der Waals surface area contributed by atoms with E-state index < -0.39 is 0 Å². The molecule has 1 aliphatic heterocycles. The number of rotatable bonds is 4. The highest BCUT2D eigenvalue weighted by molar-refractivity contribution is 5.89. The molecule has 16 heavy (non-hydrogen) atoms. The van der Waals surface area contributed by atoms with Gasteiger partial charge in [-0.1, -0.05) is 13.3 Å². The number of fused-ring (bicyclic) bond motifs is 1. The summed E-state index contributed by atoms with van der Waals surface area (Å²) in [6, 6.07) is 0. The predicted octanol–water partition coefficient (Wildman–Crippen LogP) is 1.94. The minimum Gasteiger partial charge on any atom is -0.462 e. The topological polar surface area (TPSA) is 43.4 Å². The zero-order chi connectivity index (χ0) is 11.3. The first-order chi connectivity index (χ1) is 7.72. The molecule has 3 heteroatoms. The second kappa shape index (κ2) is 3.57. The van der Waals surface area contributed by atoms with Crippen molar-refractivity contribution in [1.82, 2.24) is 0 Å². The zero-order valence-electron chi connectivity index (χ0n) is 9.65. The van der Waals surface area contributed by atoms with E-state index in [0.717, 1.165) is 25.7 Å². The van der Waals surface area contributed by atoms with Crippen molar-refractivity contribution in [2.75, 3.05) is 0 Å². The van der Waals surface area contributed by atoms with Crippen molar-refractivity contribution in [1.29, 1.82) is 0 Å². The average molecular weight is 222 g/mol. The average Bonchev–Trinajstić information content (AvgIpc) is 2.85. The number of ether oxygens (including phenoxy) is 1. The third kappa shape index (κ3) is 1.26. The van der Waals surface area contributed by atoms with Crippen LogP contribution in [0.25, 0.3) is 0 Å². The first-order valence-corrected chi connectivity index (χ1v) is 6.45. The molecule has 3 fully saturated rings. The Labute approximate surface area is 95.5 Å². The number of hydrogen-bond donors (Lipinski definition) is 0. The predicted molar refractivity (Wildman–Crippen MR) is 57.6 cm³/mol. The minimum atomic E-state index is -0.0927. The molecule has 0 N–H and O–H groups in total. The molecule has 0 spiro atoms. The molecule has 0 aromatic carbocycles. The van der Waals surface area contributed by atoms with Gasteiger partial charge in [-0.15, -0.1) is 0 Å². The lowest BCUT2D eigenvalue weighted by molar-refractivity contribution is -0.145. The third-order valence-corrected chi connectivity index (χ3v) is 4.63. The van der Waals surface area contributed by atoms with Crippen LogP contribution in [0.3, 0.4) is 0 Å². The highest BCUT2D eigenvalue weighted by atomic mass is 16.6. The number of unbranched alkanes of at least 4 members (excludes halogenated alkanes) is 1. The summed E-state index contributed by atoms with van der Waals surface area (Å²) in [5.74, 6) is 0.960. The van der Waals surface area contributed by atoms with E-state index >= 15 is 0 Å². The van der Waals surface area contributed by atoms with E-state index in [1.807, 2.05) is 0 Å². The summed E-state index contributed by atoms with van der Waals surface area (Å²) in [5, 5.41) is 0. The second-order valence-electron chi connectivity index (χ2n) is 5.49. The molecule has 5 atom stereocenters. The molecule has 0 radical (unpaired) electrons. The molecule has 3 nitrogen and oxygen atoms in total. The fourth-order valence-corrected chi connectivity index (χ4v) is 3.97. The van der Waals surface area contributed by atoms with Gasteiger partial charge in [-0.25, -0.2) is 0 Å². The Morgan fingerprint density at radius 3 is 3.00 bits per heavy atom. The van der Waals surface area contributed by atoms with Gasteiger partial charge in [-0.2, -0.15) is 0 Å². The number of Topliss-reactive ketones (excluding diaryl/α,β-unsaturated/α-hetero) is 1. The SMILES string of the molecule is CCCCC(=O)C1C2CC3OC(=O)C1C3C2. The quantitative estimate of drug-likeness (QED) is 0.683. The monoisotopic (exact) mass is 222 g/mol. The van der Waals surface area contributed by atoms with E-state index in [2.05, 4.69) is 6.92 Å². The Bertz CT molecular complexity index is 334. The molecule has 1 saturated heterocycles. The number of esters is 1. The van der Waals surface area contributed by atoms with Gasteiger partial charge in [0.1, 0.15) is 11.9 Å². The van der Waals surface area contributed by atoms with Crippen LogP contribution in [-0.2, 0) is 14.3 Å². The van der Waals surface area contributed by atoms with Gasteiger partial charge >= 0.3 is 5.97 Å². The van der Waals surface area contributed by atoms with Gasteiger partial charge in [0, 0.05) is 18.3 Å². The van der Waals surface area contributed by atoms with Crippen LogP contribution in [0.4, 0.5) is 0 Å². The van der Waals surface area contributed by atoms with E-state index in [9.17, 15) is 9.59 Å². The normalized spacial score (nSPS) is 43.8. The summed E-state index contributed by atoms with van der Waals surface area (Å²) in [6.45, 7) is 2.09. The van der Waals surface area contributed by atoms with Crippen LogP contribution in [0.1, 0.15) is 39.0 Å². The second-order valence-corrected chi connectivity index (χ2v) is 5.49. The largest absolute Gasteiger partial charge is 0.462 e. The van der Waals surface area contributed by atoms with E-state index in [1.54, 1.807) is 0 Å². The summed E-state index contributed by atoms with van der Waals surface area (Å²) in [5.41, 5.74) is 0. The maximum absolute atomic E-state index is 12.1. The highest BCUT2D eigenvalue weighted by Gasteiger charge is 2.63. The maximum Gasteiger partial charge on any atom is 0.310 e. The molecule has 2 aliphatic carbocycles. The Balaban J connectivity index is 1.77. The highest BCUT2D eigenvalue weighted by Crippen LogP contribution is 2.58. The molecule has 2 saturated carbocycles. The van der Waals surface area contributed by atoms with Gasteiger partial charge in [0.2, 0.25) is 0 Å². The van der Waals surface area contributed by atoms with Gasteiger partial charge in [-0.05, 0) is 25.2 Å². The van der Waals surface area contributed by atoms with Crippen LogP contribution in [0.15, 0.2) is 0 Å². The van der Waals surface area contributed by atoms with Gasteiger partial charge < -0.3 is 4.74 Å². The summed E-state index contributed by atoms with van der Waals surface area (Å²) >= 11 is 0. The third-order valence-electron chi connectivity index (χ3n) is 4.63. The molecule has 5 unspecified atom stereocenters. The molecular weight excluding hydrogens is 204 g/mol. The van der Waals surface area contributed by atoms with Crippen molar-refractivity contribution in [3.63, 3.8) is 0 Å². The minimum absolute atomic E-state index is 0.00259. The van der Waals surface area contributed by atoms with Crippen molar-refractivity contribution in [3.8, 4) is 0 Å². The molecule has 2 bridgehead atoms. The summed E-state index contributed by atoms with van der Waals surface area (Å²) < 4.78 is 5.33. The molecule has 88 valence electrons. The van der Waals surface area contributed by atoms with Crippen molar-refractivity contribution >= 4 is 11.8 Å². The van der Waals surface area contributed by atoms with E-state index in [1.165, 1.54) is 0 Å². The van der Waals surface area contributed by atoms with Gasteiger partial charge in [-0.3, -0.25) is 9.59 Å². The molecule has 1 heterocycles. The number of carbonyl (C=O) groups excluding carboxylic acids is 2. The molecule has 3 aliphatic rings. The van der Waals surface area contributed by atoms with E-state index in [4.69, 9.17) is 4.74 Å². The smallest absolute Gasteiger partial charge is 0.310 e. The molecular formula is C13H18O3. The van der Waals surface area contributed by atoms with Crippen LogP contribution >= 0.6 is 0 Å². The van der Waals surface area contributed by atoms with Crippen LogP contribution in [-0.4, -0.2) is 17.9 Å². The first-order valence-electron chi connectivity index (χ1n) is 6.45. The van der Waals surface area contributed by atoms with Crippen LogP contribution in [0.2, 0.25) is 0 Å². The van der Waals surface area contributed by atoms with Gasteiger partial charge in [0.05, 0.1) is 5.92 Å². The van der Waals surface area contributed by atoms with E-state index in [0.29, 0.717) is 24.0 Å². The fourth-order valence-electron chi connectivity index (χ4n) is 3.97. The van der Waals surface area contributed by atoms with Crippen LogP contribution in [0.5, 0.6) is 0 Å². The summed E-state index contributed by atoms with van der Waals surface area (Å²) in [4.78, 5) is 23.8. The summed E-state index contributed by atoms with van der Waals surface area (Å²) in [7, 11) is 0. The van der Waals surface area contributed by atoms with Gasteiger partial charge in [0.15, 0.2) is 0 Å². The number of carbonyl (C=O) groups is 2. The van der Waals surface area contributed by atoms with Crippen molar-refractivity contribution in [3.05, 3.63) is 0 Å². The lowest BCUT2D eigenvalue weighted by Crippen LogP contribution is -2.32. The maximum atomic E-state index is 12.1. The van der Waals surface area contributed by atoms with Crippen molar-refractivity contribution in [2.24, 2.45) is 23.7 Å². The van der Waals surface area contributed by atoms with Crippen molar-refractivity contribution in [2.45, 2.75) is 45.1 Å². The Hall–Kier alpha value is -0.860. The summed E-state index contributed by atoms with van der Waals surface area (Å²) in [6.07, 6.45) is 4.79. The lowest BCUT2D eigenvalue weighted by Gasteiger charge is -2.23. The fraction of sp³-hybridized carbons (Fsp3) is 0.846. The Kier molecular flexibility index (Phi) is 2.30.